The number of hydrogen-bond donors (Lipinski definition) is 1. The number of ether oxygens (including phenoxy) is 2. The van der Waals surface area contributed by atoms with Crippen molar-refractivity contribution in [3.63, 3.8) is 0 Å². The summed E-state index contributed by atoms with van der Waals surface area (Å²) in [6.07, 6.45) is 0.793. The van der Waals surface area contributed by atoms with Crippen LogP contribution in [0.1, 0.15) is 41.4 Å². The molecule has 174 valence electrons. The van der Waals surface area contributed by atoms with Crippen LogP contribution in [0.15, 0.2) is 39.8 Å². The fourth-order valence-electron chi connectivity index (χ4n) is 3.56. The maximum Gasteiger partial charge on any atom is 0.374 e. The predicted molar refractivity (Wildman–Crippen MR) is 116 cm³/mol. The standard InChI is InChI=1S/C22H28N2O7S/c1-4-30-22(26)18-7-8-20(31-18)32(27,28)24-11-9-17(10-12-24)21(25)23-14-16-6-5-15(2)19(13-16)29-3/h5-8,13,17H,4,9-12,14H2,1-3H3,(H,23,25). The molecule has 0 spiro atoms. The molecule has 1 aromatic heterocycles. The zero-order valence-electron chi connectivity index (χ0n) is 18.4. The summed E-state index contributed by atoms with van der Waals surface area (Å²) in [4.78, 5) is 24.3. The Kier molecular flexibility index (Phi) is 7.57. The van der Waals surface area contributed by atoms with E-state index in [1.807, 2.05) is 25.1 Å². The van der Waals surface area contributed by atoms with Crippen molar-refractivity contribution in [1.29, 1.82) is 0 Å². The molecule has 1 fully saturated rings. The molecule has 3 rings (SSSR count). The van der Waals surface area contributed by atoms with Gasteiger partial charge in [-0.15, -0.1) is 0 Å². The van der Waals surface area contributed by atoms with Gasteiger partial charge in [-0.05, 0) is 56.0 Å². The van der Waals surface area contributed by atoms with Crippen LogP contribution in [0.4, 0.5) is 0 Å². The third kappa shape index (κ3) is 5.31. The highest BCUT2D eigenvalue weighted by molar-refractivity contribution is 7.89. The average Bonchev–Trinajstić information content (AvgIpc) is 3.30. The number of carbonyl (C=O) groups excluding carboxylic acids is 2. The molecule has 0 unspecified atom stereocenters. The van der Waals surface area contributed by atoms with E-state index in [4.69, 9.17) is 13.9 Å². The minimum Gasteiger partial charge on any atom is -0.496 e. The van der Waals surface area contributed by atoms with Crippen LogP contribution in [0, 0.1) is 12.8 Å². The minimum atomic E-state index is -3.89. The molecule has 10 heteroatoms. The quantitative estimate of drug-likeness (QED) is 0.597. The second kappa shape index (κ2) is 10.2. The van der Waals surface area contributed by atoms with E-state index < -0.39 is 16.0 Å². The fourth-order valence-corrected chi connectivity index (χ4v) is 4.95. The number of amides is 1. The van der Waals surface area contributed by atoms with Gasteiger partial charge in [-0.1, -0.05) is 12.1 Å². The number of benzene rings is 1. The number of piperidine rings is 1. The SMILES string of the molecule is CCOC(=O)c1ccc(S(=O)(=O)N2CCC(C(=O)NCc3ccc(C)c(OC)c3)CC2)o1. The van der Waals surface area contributed by atoms with Gasteiger partial charge in [-0.25, -0.2) is 13.2 Å². The second-order valence-corrected chi connectivity index (χ2v) is 9.41. The number of methoxy groups -OCH3 is 1. The molecule has 1 N–H and O–H groups in total. The normalized spacial score (nSPS) is 15.3. The summed E-state index contributed by atoms with van der Waals surface area (Å²) in [5.74, 6) is -0.494. The van der Waals surface area contributed by atoms with Crippen molar-refractivity contribution in [1.82, 2.24) is 9.62 Å². The smallest absolute Gasteiger partial charge is 0.374 e. The Morgan fingerprint density at radius 3 is 2.56 bits per heavy atom. The first-order valence-electron chi connectivity index (χ1n) is 10.4. The predicted octanol–water partition coefficient (Wildman–Crippen LogP) is 2.49. The number of carbonyl (C=O) groups is 2. The van der Waals surface area contributed by atoms with Crippen molar-refractivity contribution in [3.05, 3.63) is 47.2 Å². The van der Waals surface area contributed by atoms with Gasteiger partial charge in [-0.3, -0.25) is 4.79 Å². The molecule has 2 heterocycles. The first-order valence-corrected chi connectivity index (χ1v) is 11.9. The maximum absolute atomic E-state index is 12.8. The van der Waals surface area contributed by atoms with Crippen molar-refractivity contribution < 1.29 is 31.9 Å². The van der Waals surface area contributed by atoms with Crippen LogP contribution < -0.4 is 10.1 Å². The van der Waals surface area contributed by atoms with Gasteiger partial charge in [0.25, 0.3) is 10.0 Å². The summed E-state index contributed by atoms with van der Waals surface area (Å²) in [7, 11) is -2.29. The zero-order valence-corrected chi connectivity index (χ0v) is 19.2. The van der Waals surface area contributed by atoms with Crippen molar-refractivity contribution in [2.24, 2.45) is 5.92 Å². The zero-order chi connectivity index (χ0) is 23.3. The number of esters is 1. The van der Waals surface area contributed by atoms with Gasteiger partial charge in [0.2, 0.25) is 16.8 Å². The molecule has 0 atom stereocenters. The van der Waals surface area contributed by atoms with Gasteiger partial charge in [-0.2, -0.15) is 4.31 Å². The molecule has 32 heavy (non-hydrogen) atoms. The highest BCUT2D eigenvalue weighted by Gasteiger charge is 2.34. The number of nitrogens with one attached hydrogen (secondary N) is 1. The Hall–Kier alpha value is -2.85. The van der Waals surface area contributed by atoms with Gasteiger partial charge in [0.05, 0.1) is 13.7 Å². The molecular weight excluding hydrogens is 436 g/mol. The topological polar surface area (TPSA) is 115 Å². The number of hydrogen-bond acceptors (Lipinski definition) is 7. The van der Waals surface area contributed by atoms with Crippen molar-refractivity contribution in [2.75, 3.05) is 26.8 Å². The van der Waals surface area contributed by atoms with E-state index in [1.165, 1.54) is 16.4 Å². The summed E-state index contributed by atoms with van der Waals surface area (Å²) in [5, 5.41) is 2.61. The molecule has 1 saturated heterocycles. The summed E-state index contributed by atoms with van der Waals surface area (Å²) in [5.41, 5.74) is 1.94. The number of furan rings is 1. The monoisotopic (exact) mass is 464 g/mol. The third-order valence-corrected chi connectivity index (χ3v) is 7.19. The lowest BCUT2D eigenvalue weighted by molar-refractivity contribution is -0.126. The summed E-state index contributed by atoms with van der Waals surface area (Å²) in [6.45, 7) is 4.51. The van der Waals surface area contributed by atoms with E-state index in [1.54, 1.807) is 14.0 Å². The number of sulfonamides is 1. The van der Waals surface area contributed by atoms with E-state index in [9.17, 15) is 18.0 Å². The largest absolute Gasteiger partial charge is 0.496 e. The third-order valence-electron chi connectivity index (χ3n) is 5.42. The first-order chi connectivity index (χ1) is 15.3. The lowest BCUT2D eigenvalue weighted by atomic mass is 9.97. The van der Waals surface area contributed by atoms with E-state index in [-0.39, 0.29) is 42.4 Å². The molecule has 0 aliphatic carbocycles. The van der Waals surface area contributed by atoms with Gasteiger partial charge in [0.15, 0.2) is 0 Å². The molecule has 1 aliphatic rings. The molecule has 9 nitrogen and oxygen atoms in total. The molecule has 0 bridgehead atoms. The molecular formula is C22H28N2O7S. The second-order valence-electron chi connectivity index (χ2n) is 7.54. The maximum atomic E-state index is 12.8. The Labute approximate surface area is 187 Å². The van der Waals surface area contributed by atoms with Crippen molar-refractivity contribution in [3.8, 4) is 5.75 Å². The Bertz CT molecular complexity index is 1070. The number of aryl methyl sites for hydroxylation is 1. The summed E-state index contributed by atoms with van der Waals surface area (Å²) >= 11 is 0. The van der Waals surface area contributed by atoms with Crippen molar-refractivity contribution in [2.45, 2.75) is 38.3 Å². The van der Waals surface area contributed by atoms with Crippen LogP contribution >= 0.6 is 0 Å². The molecule has 1 aromatic carbocycles. The van der Waals surface area contributed by atoms with E-state index in [2.05, 4.69) is 5.32 Å². The summed E-state index contributed by atoms with van der Waals surface area (Å²) < 4.78 is 42.3. The number of rotatable bonds is 8. The van der Waals surface area contributed by atoms with Crippen LogP contribution in [0.2, 0.25) is 0 Å². The number of nitrogens with zero attached hydrogens (tertiary/aromatic N) is 1. The van der Waals surface area contributed by atoms with Crippen LogP contribution in [0.3, 0.4) is 0 Å². The van der Waals surface area contributed by atoms with Crippen LogP contribution in [-0.2, 0) is 26.1 Å². The highest BCUT2D eigenvalue weighted by Crippen LogP contribution is 2.26. The molecule has 0 radical (unpaired) electrons. The minimum absolute atomic E-state index is 0.107. The van der Waals surface area contributed by atoms with Gasteiger partial charge in [0, 0.05) is 25.6 Å². The Morgan fingerprint density at radius 2 is 1.91 bits per heavy atom. The highest BCUT2D eigenvalue weighted by atomic mass is 32.2. The van der Waals surface area contributed by atoms with Crippen molar-refractivity contribution >= 4 is 21.9 Å². The molecule has 1 amide bonds. The fraction of sp³-hybridized carbons (Fsp3) is 0.455. The van der Waals surface area contributed by atoms with Gasteiger partial charge >= 0.3 is 5.97 Å². The lowest BCUT2D eigenvalue weighted by Gasteiger charge is -2.29. The van der Waals surface area contributed by atoms with Crippen LogP contribution in [0.5, 0.6) is 5.75 Å². The lowest BCUT2D eigenvalue weighted by Crippen LogP contribution is -2.42. The van der Waals surface area contributed by atoms with E-state index in [0.717, 1.165) is 16.9 Å². The first kappa shape index (κ1) is 23.8. The van der Waals surface area contributed by atoms with Crippen LogP contribution in [0.25, 0.3) is 0 Å². The van der Waals surface area contributed by atoms with E-state index >= 15 is 0 Å². The Morgan fingerprint density at radius 1 is 1.19 bits per heavy atom. The average molecular weight is 465 g/mol. The van der Waals surface area contributed by atoms with Gasteiger partial charge in [0.1, 0.15) is 5.75 Å². The molecule has 1 aliphatic heterocycles. The van der Waals surface area contributed by atoms with E-state index in [0.29, 0.717) is 19.4 Å². The molecule has 0 saturated carbocycles. The molecule has 2 aromatic rings. The summed E-state index contributed by atoms with van der Waals surface area (Å²) in [6, 6.07) is 8.28. The van der Waals surface area contributed by atoms with Gasteiger partial charge < -0.3 is 19.2 Å². The van der Waals surface area contributed by atoms with Crippen LogP contribution in [-0.4, -0.2) is 51.4 Å². The Balaban J connectivity index is 1.55.